The first kappa shape index (κ1) is 22.5. The highest BCUT2D eigenvalue weighted by atomic mass is 19.3. The average molecular weight is 432 g/mol. The smallest absolute Gasteiger partial charge is 0.387 e. The second-order valence-electron chi connectivity index (χ2n) is 7.25. The summed E-state index contributed by atoms with van der Waals surface area (Å²) in [6, 6.07) is 13.6. The highest BCUT2D eigenvalue weighted by Gasteiger charge is 2.25. The Kier molecular flexibility index (Phi) is 7.81. The Morgan fingerprint density at radius 3 is 2.35 bits per heavy atom. The number of methoxy groups -OCH3 is 1. The van der Waals surface area contributed by atoms with Gasteiger partial charge in [0.1, 0.15) is 11.5 Å². The van der Waals surface area contributed by atoms with Crippen LogP contribution in [0.1, 0.15) is 28.8 Å². The lowest BCUT2D eigenvalue weighted by atomic mass is 10.1. The maximum Gasteiger partial charge on any atom is 0.387 e. The maximum atomic E-state index is 12.9. The molecule has 0 aromatic heterocycles. The molecular formula is C23H26F2N2O4. The second kappa shape index (κ2) is 10.7. The molecule has 0 N–H and O–H groups in total. The van der Waals surface area contributed by atoms with E-state index in [1.165, 1.54) is 12.1 Å². The van der Waals surface area contributed by atoms with Crippen molar-refractivity contribution in [3.8, 4) is 11.5 Å². The molecule has 31 heavy (non-hydrogen) atoms. The van der Waals surface area contributed by atoms with Crippen LogP contribution < -0.4 is 9.47 Å². The van der Waals surface area contributed by atoms with E-state index in [9.17, 15) is 18.4 Å². The molecule has 2 aromatic rings. The van der Waals surface area contributed by atoms with Gasteiger partial charge in [0.25, 0.3) is 5.91 Å². The Morgan fingerprint density at radius 2 is 1.65 bits per heavy atom. The van der Waals surface area contributed by atoms with E-state index in [1.807, 2.05) is 24.3 Å². The van der Waals surface area contributed by atoms with Crippen molar-refractivity contribution in [2.24, 2.45) is 0 Å². The van der Waals surface area contributed by atoms with Crippen LogP contribution in [0.2, 0.25) is 0 Å². The Hall–Kier alpha value is -3.16. The van der Waals surface area contributed by atoms with Gasteiger partial charge in [-0.2, -0.15) is 8.78 Å². The quantitative estimate of drug-likeness (QED) is 0.671. The summed E-state index contributed by atoms with van der Waals surface area (Å²) in [5, 5.41) is 0. The number of hydrogen-bond acceptors (Lipinski definition) is 4. The fraction of sp³-hybridized carbons (Fsp3) is 0.391. The lowest BCUT2D eigenvalue weighted by Gasteiger charge is -2.23. The molecule has 0 radical (unpaired) electrons. The van der Waals surface area contributed by atoms with Crippen LogP contribution in [0.25, 0.3) is 0 Å². The summed E-state index contributed by atoms with van der Waals surface area (Å²) in [6.07, 6.45) is 1.63. The number of alkyl halides is 2. The van der Waals surface area contributed by atoms with Gasteiger partial charge < -0.3 is 19.3 Å². The van der Waals surface area contributed by atoms with Crippen LogP contribution in [-0.4, -0.2) is 61.5 Å². The molecule has 6 nitrogen and oxygen atoms in total. The molecule has 0 atom stereocenters. The van der Waals surface area contributed by atoms with Crippen molar-refractivity contribution in [3.05, 3.63) is 59.7 Å². The minimum Gasteiger partial charge on any atom is -0.497 e. The number of rotatable bonds is 7. The molecule has 1 saturated heterocycles. The lowest BCUT2D eigenvalue weighted by Crippen LogP contribution is -2.37. The molecule has 8 heteroatoms. The molecule has 166 valence electrons. The van der Waals surface area contributed by atoms with Crippen molar-refractivity contribution in [3.63, 3.8) is 0 Å². The standard InChI is InChI=1S/C23H26F2N2O4/c1-30-18-10-7-17(8-11-18)9-12-21(28)26-13-4-14-27(16-15-26)22(29)19-5-2-3-6-20(19)31-23(24)25/h2-3,5-8,10-11,23H,4,9,12-16H2,1H3. The topological polar surface area (TPSA) is 59.1 Å². The summed E-state index contributed by atoms with van der Waals surface area (Å²) in [6.45, 7) is -1.25. The van der Waals surface area contributed by atoms with Crippen LogP contribution in [0.5, 0.6) is 11.5 Å². The first-order valence-corrected chi connectivity index (χ1v) is 10.2. The number of ether oxygens (including phenoxy) is 2. The van der Waals surface area contributed by atoms with Crippen molar-refractivity contribution < 1.29 is 27.8 Å². The number of hydrogen-bond donors (Lipinski definition) is 0. The number of benzene rings is 2. The Bertz CT molecular complexity index is 889. The number of halogens is 2. The van der Waals surface area contributed by atoms with E-state index in [2.05, 4.69) is 4.74 Å². The molecule has 2 amide bonds. The zero-order chi connectivity index (χ0) is 22.2. The van der Waals surface area contributed by atoms with Gasteiger partial charge in [0, 0.05) is 32.6 Å². The van der Waals surface area contributed by atoms with Crippen molar-refractivity contribution in [1.82, 2.24) is 9.80 Å². The monoisotopic (exact) mass is 432 g/mol. The normalized spacial score (nSPS) is 14.3. The minimum absolute atomic E-state index is 0.0338. The summed E-state index contributed by atoms with van der Waals surface area (Å²) in [7, 11) is 1.61. The maximum absolute atomic E-state index is 12.9. The van der Waals surface area contributed by atoms with Gasteiger partial charge in [-0.05, 0) is 42.7 Å². The lowest BCUT2D eigenvalue weighted by molar-refractivity contribution is -0.131. The van der Waals surface area contributed by atoms with Crippen LogP contribution in [0.4, 0.5) is 8.78 Å². The molecule has 0 spiro atoms. The number of para-hydroxylation sites is 1. The van der Waals surface area contributed by atoms with Crippen molar-refractivity contribution in [1.29, 1.82) is 0 Å². The number of nitrogens with zero attached hydrogens (tertiary/aromatic N) is 2. The van der Waals surface area contributed by atoms with Gasteiger partial charge in [-0.15, -0.1) is 0 Å². The van der Waals surface area contributed by atoms with E-state index >= 15 is 0 Å². The highest BCUT2D eigenvalue weighted by molar-refractivity contribution is 5.97. The van der Waals surface area contributed by atoms with E-state index in [-0.39, 0.29) is 23.1 Å². The van der Waals surface area contributed by atoms with Gasteiger partial charge >= 0.3 is 6.61 Å². The molecule has 1 aliphatic rings. The molecule has 3 rings (SSSR count). The third-order valence-electron chi connectivity index (χ3n) is 5.26. The molecule has 0 saturated carbocycles. The first-order valence-electron chi connectivity index (χ1n) is 10.2. The molecule has 0 bridgehead atoms. The third kappa shape index (κ3) is 6.16. The summed E-state index contributed by atoms with van der Waals surface area (Å²) >= 11 is 0. The van der Waals surface area contributed by atoms with Crippen LogP contribution in [0.15, 0.2) is 48.5 Å². The van der Waals surface area contributed by atoms with E-state index in [0.29, 0.717) is 45.4 Å². The van der Waals surface area contributed by atoms with Gasteiger partial charge in [0.2, 0.25) is 5.91 Å². The largest absolute Gasteiger partial charge is 0.497 e. The number of carbonyl (C=O) groups excluding carboxylic acids is 2. The van der Waals surface area contributed by atoms with Gasteiger partial charge in [0.15, 0.2) is 0 Å². The average Bonchev–Trinajstić information content (AvgIpc) is 3.04. The molecule has 1 fully saturated rings. The van der Waals surface area contributed by atoms with Crippen molar-refractivity contribution in [2.45, 2.75) is 25.9 Å². The van der Waals surface area contributed by atoms with Gasteiger partial charge in [-0.1, -0.05) is 24.3 Å². The highest BCUT2D eigenvalue weighted by Crippen LogP contribution is 2.23. The fourth-order valence-corrected chi connectivity index (χ4v) is 3.58. The molecule has 1 aliphatic heterocycles. The Balaban J connectivity index is 1.56. The summed E-state index contributed by atoms with van der Waals surface area (Å²) in [5.41, 5.74) is 1.15. The fourth-order valence-electron chi connectivity index (χ4n) is 3.58. The van der Waals surface area contributed by atoms with Crippen molar-refractivity contribution in [2.75, 3.05) is 33.3 Å². The molecule has 1 heterocycles. The van der Waals surface area contributed by atoms with Crippen molar-refractivity contribution >= 4 is 11.8 Å². The molecule has 0 aliphatic carbocycles. The predicted molar refractivity (Wildman–Crippen MR) is 111 cm³/mol. The van der Waals surface area contributed by atoms with Crippen LogP contribution in [0, 0.1) is 0 Å². The summed E-state index contributed by atoms with van der Waals surface area (Å²) < 4.78 is 34.9. The van der Waals surface area contributed by atoms with E-state index in [4.69, 9.17) is 4.74 Å². The zero-order valence-electron chi connectivity index (χ0n) is 17.4. The van der Waals surface area contributed by atoms with Gasteiger partial charge in [-0.25, -0.2) is 0 Å². The second-order valence-corrected chi connectivity index (χ2v) is 7.25. The predicted octanol–water partition coefficient (Wildman–Crippen LogP) is 3.60. The van der Waals surface area contributed by atoms with Crippen LogP contribution in [0.3, 0.4) is 0 Å². The third-order valence-corrected chi connectivity index (χ3v) is 5.26. The van der Waals surface area contributed by atoms with E-state index in [0.717, 1.165) is 11.3 Å². The number of aryl methyl sites for hydroxylation is 1. The number of carbonyl (C=O) groups is 2. The first-order chi connectivity index (χ1) is 15.0. The van der Waals surface area contributed by atoms with Crippen LogP contribution in [-0.2, 0) is 11.2 Å². The SMILES string of the molecule is COc1ccc(CCC(=O)N2CCCN(C(=O)c3ccccc3OC(F)F)CC2)cc1. The van der Waals surface area contributed by atoms with Gasteiger partial charge in [-0.3, -0.25) is 9.59 Å². The van der Waals surface area contributed by atoms with E-state index in [1.54, 1.807) is 29.0 Å². The Morgan fingerprint density at radius 1 is 0.968 bits per heavy atom. The summed E-state index contributed by atoms with van der Waals surface area (Å²) in [4.78, 5) is 28.9. The molecular weight excluding hydrogens is 406 g/mol. The van der Waals surface area contributed by atoms with Crippen LogP contribution >= 0.6 is 0 Å². The zero-order valence-corrected chi connectivity index (χ0v) is 17.4. The van der Waals surface area contributed by atoms with E-state index < -0.39 is 6.61 Å². The van der Waals surface area contributed by atoms with Gasteiger partial charge in [0.05, 0.1) is 12.7 Å². The summed E-state index contributed by atoms with van der Waals surface area (Å²) in [5.74, 6) is 0.294. The molecule has 0 unspecified atom stereocenters. The minimum atomic E-state index is -3.00. The molecule has 2 aromatic carbocycles. The Labute approximate surface area is 180 Å². The number of amides is 2.